The monoisotopic (exact) mass is 409 g/mol. The van der Waals surface area contributed by atoms with Crippen LogP contribution in [-0.2, 0) is 16.1 Å². The number of carbonyl (C=O) groups is 2. The van der Waals surface area contributed by atoms with Gasteiger partial charge in [0.1, 0.15) is 17.9 Å². The second-order valence-electron chi connectivity index (χ2n) is 7.54. The Balaban J connectivity index is 1.45. The molecule has 1 N–H and O–H groups in total. The van der Waals surface area contributed by atoms with E-state index in [2.05, 4.69) is 5.32 Å². The van der Waals surface area contributed by atoms with Crippen molar-refractivity contribution in [2.45, 2.75) is 25.1 Å². The third-order valence-corrected chi connectivity index (χ3v) is 5.46. The first-order valence-electron chi connectivity index (χ1n) is 10.4. The zero-order valence-electron chi connectivity index (χ0n) is 16.9. The second-order valence-corrected chi connectivity index (χ2v) is 7.54. The summed E-state index contributed by atoms with van der Waals surface area (Å²) < 4.78 is 11.4. The molecule has 0 aromatic heterocycles. The minimum absolute atomic E-state index is 0.0349. The van der Waals surface area contributed by atoms with Crippen molar-refractivity contribution in [3.8, 4) is 5.75 Å². The van der Waals surface area contributed by atoms with Crippen LogP contribution >= 0.6 is 0 Å². The first kappa shape index (κ1) is 20.2. The molecule has 3 amide bonds. The molecule has 2 heterocycles. The Kier molecular flexibility index (Phi) is 6.49. The molecule has 0 saturated carbocycles. The molecule has 2 atom stereocenters. The van der Waals surface area contributed by atoms with E-state index in [4.69, 9.17) is 9.47 Å². The third-order valence-electron chi connectivity index (χ3n) is 5.46. The molecule has 30 heavy (non-hydrogen) atoms. The number of ether oxygens (including phenoxy) is 2. The summed E-state index contributed by atoms with van der Waals surface area (Å²) in [6, 6.07) is 18.5. The number of likely N-dealkylation sites (tertiary alicyclic amines) is 1. The molecule has 158 valence electrons. The molecule has 0 bridgehead atoms. The summed E-state index contributed by atoms with van der Waals surface area (Å²) in [6.45, 7) is 2.96. The van der Waals surface area contributed by atoms with Crippen LogP contribution < -0.4 is 10.1 Å². The van der Waals surface area contributed by atoms with E-state index in [1.165, 1.54) is 0 Å². The van der Waals surface area contributed by atoms with Crippen LogP contribution in [-0.4, -0.2) is 66.7 Å². The van der Waals surface area contributed by atoms with E-state index in [0.29, 0.717) is 45.8 Å². The standard InChI is InChI=1S/C23H27N3O4/c27-22(25-11-13-29-14-12-25)21-15-20(30-19-9-5-2-6-10-19)17-26(21)23(28)24-16-18-7-3-1-4-8-18/h1-10,20-21H,11-17H2,(H,24,28)/t20-,21+/m0/s1. The average molecular weight is 409 g/mol. The van der Waals surface area contributed by atoms with Crippen LogP contribution in [0.1, 0.15) is 12.0 Å². The van der Waals surface area contributed by atoms with Gasteiger partial charge in [-0.3, -0.25) is 4.79 Å². The van der Waals surface area contributed by atoms with E-state index in [1.807, 2.05) is 60.7 Å². The van der Waals surface area contributed by atoms with Crippen molar-refractivity contribution in [2.75, 3.05) is 32.8 Å². The van der Waals surface area contributed by atoms with E-state index in [0.717, 1.165) is 11.3 Å². The molecule has 2 aromatic carbocycles. The number of amides is 3. The summed E-state index contributed by atoms with van der Waals surface area (Å²) in [5.74, 6) is 0.707. The van der Waals surface area contributed by atoms with Crippen molar-refractivity contribution in [2.24, 2.45) is 0 Å². The van der Waals surface area contributed by atoms with Crippen LogP contribution in [0.2, 0.25) is 0 Å². The van der Waals surface area contributed by atoms with Crippen molar-refractivity contribution in [1.82, 2.24) is 15.1 Å². The highest BCUT2D eigenvalue weighted by molar-refractivity contribution is 5.88. The molecule has 7 heteroatoms. The average Bonchev–Trinajstić information content (AvgIpc) is 3.22. The van der Waals surface area contributed by atoms with Crippen molar-refractivity contribution in [1.29, 1.82) is 0 Å². The lowest BCUT2D eigenvalue weighted by Gasteiger charge is -2.32. The van der Waals surface area contributed by atoms with Crippen molar-refractivity contribution in [3.63, 3.8) is 0 Å². The molecule has 0 unspecified atom stereocenters. The fourth-order valence-electron chi connectivity index (χ4n) is 3.90. The number of rotatable bonds is 5. The number of benzene rings is 2. The predicted molar refractivity (Wildman–Crippen MR) is 112 cm³/mol. The Morgan fingerprint density at radius 3 is 2.37 bits per heavy atom. The van der Waals surface area contributed by atoms with Gasteiger partial charge in [0, 0.05) is 26.1 Å². The van der Waals surface area contributed by atoms with Gasteiger partial charge in [-0.05, 0) is 17.7 Å². The zero-order valence-corrected chi connectivity index (χ0v) is 16.9. The fraction of sp³-hybridized carbons (Fsp3) is 0.391. The number of nitrogens with zero attached hydrogens (tertiary/aromatic N) is 2. The molecule has 2 aromatic rings. The molecule has 2 fully saturated rings. The number of carbonyl (C=O) groups excluding carboxylic acids is 2. The Morgan fingerprint density at radius 1 is 1.00 bits per heavy atom. The maximum Gasteiger partial charge on any atom is 0.318 e. The zero-order chi connectivity index (χ0) is 20.8. The highest BCUT2D eigenvalue weighted by atomic mass is 16.5. The van der Waals surface area contributed by atoms with E-state index in [-0.39, 0.29) is 18.0 Å². The first-order valence-corrected chi connectivity index (χ1v) is 10.4. The van der Waals surface area contributed by atoms with Gasteiger partial charge in [-0.2, -0.15) is 0 Å². The molecular weight excluding hydrogens is 382 g/mol. The molecule has 7 nitrogen and oxygen atoms in total. The molecule has 0 spiro atoms. The number of hydrogen-bond donors (Lipinski definition) is 1. The van der Waals surface area contributed by atoms with Crippen LogP contribution in [0.3, 0.4) is 0 Å². The maximum atomic E-state index is 13.2. The number of urea groups is 1. The third kappa shape index (κ3) is 4.91. The Morgan fingerprint density at radius 2 is 1.67 bits per heavy atom. The summed E-state index contributed by atoms with van der Waals surface area (Å²) in [5.41, 5.74) is 1.01. The lowest BCUT2D eigenvalue weighted by molar-refractivity contribution is -0.139. The predicted octanol–water partition coefficient (Wildman–Crippen LogP) is 2.28. The van der Waals surface area contributed by atoms with Gasteiger partial charge >= 0.3 is 6.03 Å². The van der Waals surface area contributed by atoms with Crippen LogP contribution in [0.5, 0.6) is 5.75 Å². The van der Waals surface area contributed by atoms with Crippen LogP contribution in [0.25, 0.3) is 0 Å². The van der Waals surface area contributed by atoms with Gasteiger partial charge in [-0.15, -0.1) is 0 Å². The van der Waals surface area contributed by atoms with Crippen molar-refractivity contribution in [3.05, 3.63) is 66.2 Å². The molecule has 2 aliphatic heterocycles. The van der Waals surface area contributed by atoms with Gasteiger partial charge in [0.15, 0.2) is 0 Å². The first-order chi connectivity index (χ1) is 14.7. The van der Waals surface area contributed by atoms with E-state index in [9.17, 15) is 9.59 Å². The highest BCUT2D eigenvalue weighted by Gasteiger charge is 2.42. The fourth-order valence-corrected chi connectivity index (χ4v) is 3.90. The Bertz CT molecular complexity index is 840. The van der Waals surface area contributed by atoms with Gasteiger partial charge in [-0.1, -0.05) is 48.5 Å². The lowest BCUT2D eigenvalue weighted by Crippen LogP contribution is -2.52. The van der Waals surface area contributed by atoms with Crippen LogP contribution in [0.15, 0.2) is 60.7 Å². The summed E-state index contributed by atoms with van der Waals surface area (Å²) in [6.07, 6.45) is 0.244. The van der Waals surface area contributed by atoms with Gasteiger partial charge < -0.3 is 24.6 Å². The number of para-hydroxylation sites is 1. The highest BCUT2D eigenvalue weighted by Crippen LogP contribution is 2.25. The Hall–Kier alpha value is -3.06. The number of hydrogen-bond acceptors (Lipinski definition) is 4. The van der Waals surface area contributed by atoms with Gasteiger partial charge in [0.25, 0.3) is 0 Å². The molecule has 4 rings (SSSR count). The molecule has 2 aliphatic rings. The maximum absolute atomic E-state index is 13.2. The van der Waals surface area contributed by atoms with Gasteiger partial charge in [0.05, 0.1) is 19.8 Å². The van der Waals surface area contributed by atoms with Gasteiger partial charge in [-0.25, -0.2) is 4.79 Å². The minimum Gasteiger partial charge on any atom is -0.488 e. The smallest absolute Gasteiger partial charge is 0.318 e. The summed E-state index contributed by atoms with van der Waals surface area (Å²) in [7, 11) is 0. The summed E-state index contributed by atoms with van der Waals surface area (Å²) in [4.78, 5) is 29.6. The normalized spacial score (nSPS) is 21.3. The van der Waals surface area contributed by atoms with E-state index >= 15 is 0 Å². The summed E-state index contributed by atoms with van der Waals surface area (Å²) in [5, 5.41) is 2.95. The largest absolute Gasteiger partial charge is 0.488 e. The van der Waals surface area contributed by atoms with Crippen molar-refractivity contribution >= 4 is 11.9 Å². The molecule has 0 radical (unpaired) electrons. The minimum atomic E-state index is -0.535. The van der Waals surface area contributed by atoms with Gasteiger partial charge in [0.2, 0.25) is 5.91 Å². The molecule has 0 aliphatic carbocycles. The van der Waals surface area contributed by atoms with Crippen LogP contribution in [0, 0.1) is 0 Å². The molecular formula is C23H27N3O4. The van der Waals surface area contributed by atoms with Crippen molar-refractivity contribution < 1.29 is 19.1 Å². The molecule has 2 saturated heterocycles. The second kappa shape index (κ2) is 9.63. The van der Waals surface area contributed by atoms with E-state index in [1.54, 1.807) is 9.80 Å². The van der Waals surface area contributed by atoms with E-state index < -0.39 is 6.04 Å². The van der Waals surface area contributed by atoms with Crippen LogP contribution in [0.4, 0.5) is 4.79 Å². The quantitative estimate of drug-likeness (QED) is 0.823. The summed E-state index contributed by atoms with van der Waals surface area (Å²) >= 11 is 0. The number of morpholine rings is 1. The SMILES string of the molecule is O=C([C@H]1C[C@H](Oc2ccccc2)CN1C(=O)NCc1ccccc1)N1CCOCC1. The Labute approximate surface area is 176 Å². The lowest BCUT2D eigenvalue weighted by atomic mass is 10.1. The number of nitrogens with one attached hydrogen (secondary N) is 1. The topological polar surface area (TPSA) is 71.1 Å².